The first-order valence-corrected chi connectivity index (χ1v) is 7.27. The number of aromatic nitrogens is 1. The van der Waals surface area contributed by atoms with Crippen LogP contribution < -0.4 is 5.32 Å². The van der Waals surface area contributed by atoms with Gasteiger partial charge in [0.15, 0.2) is 0 Å². The summed E-state index contributed by atoms with van der Waals surface area (Å²) < 4.78 is 0. The van der Waals surface area contributed by atoms with Crippen molar-refractivity contribution < 1.29 is 9.72 Å². The zero-order valence-corrected chi connectivity index (χ0v) is 12.0. The molecule has 7 heteroatoms. The molecule has 0 radical (unpaired) electrons. The van der Waals surface area contributed by atoms with E-state index >= 15 is 0 Å². The molecule has 1 aromatic rings. The third-order valence-electron chi connectivity index (χ3n) is 3.37. The van der Waals surface area contributed by atoms with E-state index in [-0.39, 0.29) is 28.2 Å². The Hall–Kier alpha value is -1.37. The average Bonchev–Trinajstić information content (AvgIpc) is 2.78. The van der Waals surface area contributed by atoms with Gasteiger partial charge in [-0.15, -0.1) is 0 Å². The number of nitrogens with zero attached hydrogens (tertiary/aromatic N) is 1. The van der Waals surface area contributed by atoms with E-state index in [1.165, 1.54) is 18.7 Å². The molecule has 1 aromatic heterocycles. The summed E-state index contributed by atoms with van der Waals surface area (Å²) in [4.78, 5) is 25.0. The number of nitrogens with one attached hydrogen (secondary N) is 2. The molecule has 1 heterocycles. The molecule has 104 valence electrons. The van der Waals surface area contributed by atoms with Gasteiger partial charge >= 0.3 is 0 Å². The molecule has 2 unspecified atom stereocenters. The summed E-state index contributed by atoms with van der Waals surface area (Å²) in [6, 6.07) is 1.34. The van der Waals surface area contributed by atoms with Crippen LogP contribution in [0.4, 0.5) is 5.69 Å². The van der Waals surface area contributed by atoms with Gasteiger partial charge in [0, 0.05) is 16.9 Å². The van der Waals surface area contributed by atoms with Gasteiger partial charge in [-0.25, -0.2) is 0 Å². The summed E-state index contributed by atoms with van der Waals surface area (Å²) >= 11 is 3.60. The van der Waals surface area contributed by atoms with Crippen LogP contribution in [-0.2, 0) is 0 Å². The normalized spacial score (nSPS) is 23.6. The van der Waals surface area contributed by atoms with Crippen LogP contribution in [0, 0.1) is 10.1 Å². The van der Waals surface area contributed by atoms with Gasteiger partial charge < -0.3 is 10.3 Å². The van der Waals surface area contributed by atoms with Crippen LogP contribution in [0.5, 0.6) is 0 Å². The van der Waals surface area contributed by atoms with E-state index in [1.54, 1.807) is 0 Å². The minimum atomic E-state index is -0.522. The standard InChI is InChI=1S/C12H16BrN3O3/c13-9-4-2-1-3-5-10(9)15-12(17)11-6-8(7-14-11)16(18)19/h6-7,9-10,14H,1-5H2,(H,15,17). The molecule has 0 saturated heterocycles. The Morgan fingerprint density at radius 2 is 2.16 bits per heavy atom. The quantitative estimate of drug-likeness (QED) is 0.387. The summed E-state index contributed by atoms with van der Waals surface area (Å²) in [5.74, 6) is -0.288. The zero-order chi connectivity index (χ0) is 13.8. The molecule has 0 bridgehead atoms. The third-order valence-corrected chi connectivity index (χ3v) is 4.47. The molecule has 0 aliphatic heterocycles. The number of amides is 1. The predicted octanol–water partition coefficient (Wildman–Crippen LogP) is 2.75. The highest BCUT2D eigenvalue weighted by atomic mass is 79.9. The smallest absolute Gasteiger partial charge is 0.287 e. The van der Waals surface area contributed by atoms with Crippen molar-refractivity contribution in [2.45, 2.75) is 43.0 Å². The lowest BCUT2D eigenvalue weighted by molar-refractivity contribution is -0.384. The van der Waals surface area contributed by atoms with Crippen molar-refractivity contribution in [1.29, 1.82) is 0 Å². The maximum Gasteiger partial charge on any atom is 0.287 e. The van der Waals surface area contributed by atoms with Crippen molar-refractivity contribution in [2.24, 2.45) is 0 Å². The van der Waals surface area contributed by atoms with Gasteiger partial charge in [0.2, 0.25) is 0 Å². The van der Waals surface area contributed by atoms with Gasteiger partial charge in [-0.3, -0.25) is 14.9 Å². The van der Waals surface area contributed by atoms with Gasteiger partial charge in [-0.1, -0.05) is 35.2 Å². The van der Waals surface area contributed by atoms with Crippen LogP contribution in [0.1, 0.15) is 42.6 Å². The van der Waals surface area contributed by atoms with Crippen molar-refractivity contribution in [2.75, 3.05) is 0 Å². The first kappa shape index (κ1) is 14.0. The van der Waals surface area contributed by atoms with Crippen molar-refractivity contribution in [3.63, 3.8) is 0 Å². The second-order valence-corrected chi connectivity index (χ2v) is 5.94. The van der Waals surface area contributed by atoms with Crippen molar-refractivity contribution in [3.8, 4) is 0 Å². The Balaban J connectivity index is 2.00. The molecule has 1 amide bonds. The van der Waals surface area contributed by atoms with Crippen LogP contribution in [0.2, 0.25) is 0 Å². The number of carbonyl (C=O) groups is 1. The third kappa shape index (κ3) is 3.56. The molecule has 0 spiro atoms. The fraction of sp³-hybridized carbons (Fsp3) is 0.583. The lowest BCUT2D eigenvalue weighted by Gasteiger charge is -2.20. The average molecular weight is 330 g/mol. The maximum atomic E-state index is 12.0. The minimum Gasteiger partial charge on any atom is -0.351 e. The molecule has 2 rings (SSSR count). The van der Waals surface area contributed by atoms with E-state index in [2.05, 4.69) is 26.2 Å². The Bertz CT molecular complexity index is 475. The highest BCUT2D eigenvalue weighted by Crippen LogP contribution is 2.24. The van der Waals surface area contributed by atoms with Crippen LogP contribution in [0.3, 0.4) is 0 Å². The Morgan fingerprint density at radius 1 is 1.42 bits per heavy atom. The predicted molar refractivity (Wildman–Crippen MR) is 74.5 cm³/mol. The van der Waals surface area contributed by atoms with Gasteiger partial charge in [-0.2, -0.15) is 0 Å². The molecule has 19 heavy (non-hydrogen) atoms. The number of nitro groups is 1. The first-order valence-electron chi connectivity index (χ1n) is 6.35. The van der Waals surface area contributed by atoms with Crippen LogP contribution in [0.25, 0.3) is 0 Å². The van der Waals surface area contributed by atoms with Gasteiger partial charge in [0.05, 0.1) is 11.1 Å². The summed E-state index contributed by atoms with van der Waals surface area (Å²) in [6.45, 7) is 0. The lowest BCUT2D eigenvalue weighted by atomic mass is 10.1. The monoisotopic (exact) mass is 329 g/mol. The van der Waals surface area contributed by atoms with Gasteiger partial charge in [0.1, 0.15) is 5.69 Å². The molecule has 0 aromatic carbocycles. The topological polar surface area (TPSA) is 88.0 Å². The number of hydrogen-bond acceptors (Lipinski definition) is 3. The Labute approximate surface area is 119 Å². The largest absolute Gasteiger partial charge is 0.351 e. The van der Waals surface area contributed by atoms with Crippen LogP contribution >= 0.6 is 15.9 Å². The van der Waals surface area contributed by atoms with Crippen LogP contribution in [0.15, 0.2) is 12.3 Å². The van der Waals surface area contributed by atoms with Crippen molar-refractivity contribution in [3.05, 3.63) is 28.1 Å². The van der Waals surface area contributed by atoms with E-state index in [0.29, 0.717) is 0 Å². The van der Waals surface area contributed by atoms with E-state index in [0.717, 1.165) is 25.7 Å². The highest BCUT2D eigenvalue weighted by molar-refractivity contribution is 9.09. The summed E-state index contributed by atoms with van der Waals surface area (Å²) in [6.07, 6.45) is 6.64. The van der Waals surface area contributed by atoms with E-state index < -0.39 is 4.92 Å². The number of H-pyrrole nitrogens is 1. The van der Waals surface area contributed by atoms with E-state index in [1.807, 2.05) is 0 Å². The molecule has 1 saturated carbocycles. The van der Waals surface area contributed by atoms with Gasteiger partial charge in [-0.05, 0) is 12.8 Å². The van der Waals surface area contributed by atoms with E-state index in [9.17, 15) is 14.9 Å². The molecule has 1 aliphatic rings. The number of rotatable bonds is 3. The molecular formula is C12H16BrN3O3. The lowest BCUT2D eigenvalue weighted by Crippen LogP contribution is -2.40. The second kappa shape index (κ2) is 6.18. The van der Waals surface area contributed by atoms with Gasteiger partial charge in [0.25, 0.3) is 11.6 Å². The molecule has 1 aliphatic carbocycles. The second-order valence-electron chi connectivity index (χ2n) is 4.76. The summed E-state index contributed by atoms with van der Waals surface area (Å²) in [5.41, 5.74) is 0.136. The number of hydrogen-bond donors (Lipinski definition) is 2. The molecule has 6 nitrogen and oxygen atoms in total. The SMILES string of the molecule is O=C(NC1CCCCCC1Br)c1cc([N+](=O)[O-])c[nH]1. The summed E-state index contributed by atoms with van der Waals surface area (Å²) in [5, 5.41) is 13.5. The van der Waals surface area contributed by atoms with E-state index in [4.69, 9.17) is 0 Å². The molecule has 2 N–H and O–H groups in total. The van der Waals surface area contributed by atoms with Crippen LogP contribution in [-0.4, -0.2) is 26.7 Å². The number of aromatic amines is 1. The van der Waals surface area contributed by atoms with Crippen molar-refractivity contribution in [1.82, 2.24) is 10.3 Å². The fourth-order valence-corrected chi connectivity index (χ4v) is 3.01. The fourth-order valence-electron chi connectivity index (χ4n) is 2.29. The Morgan fingerprint density at radius 3 is 2.84 bits per heavy atom. The zero-order valence-electron chi connectivity index (χ0n) is 10.4. The highest BCUT2D eigenvalue weighted by Gasteiger charge is 2.24. The molecule has 2 atom stereocenters. The maximum absolute atomic E-state index is 12.0. The first-order chi connectivity index (χ1) is 9.08. The number of alkyl halides is 1. The summed E-state index contributed by atoms with van der Waals surface area (Å²) in [7, 11) is 0. The van der Waals surface area contributed by atoms with Crippen molar-refractivity contribution >= 4 is 27.5 Å². The Kier molecular flexibility index (Phi) is 4.57. The number of halogens is 1. The minimum absolute atomic E-state index is 0.0809. The molecule has 1 fully saturated rings. The molecular weight excluding hydrogens is 314 g/mol. The number of carbonyl (C=O) groups excluding carboxylic acids is 1.